The van der Waals surface area contributed by atoms with Gasteiger partial charge in [-0.2, -0.15) is 0 Å². The summed E-state index contributed by atoms with van der Waals surface area (Å²) in [5, 5.41) is 12.7. The molecule has 0 unspecified atom stereocenters. The number of nitrogens with zero attached hydrogens (tertiary/aromatic N) is 3. The number of rotatable bonds is 11. The highest BCUT2D eigenvalue weighted by molar-refractivity contribution is 7.46. The number of hydrogen-bond acceptors (Lipinski definition) is 7. The maximum absolute atomic E-state index is 14.8. The minimum atomic E-state index is -4.94. The number of carboxylic acid groups (broad SMARTS) is 1. The van der Waals surface area contributed by atoms with Crippen molar-refractivity contribution in [3.8, 4) is 5.75 Å². The first-order valence-electron chi connectivity index (χ1n) is 18.9. The Hall–Kier alpha value is -4.23. The van der Waals surface area contributed by atoms with Gasteiger partial charge in [0.15, 0.2) is 0 Å². The molecule has 3 aliphatic carbocycles. The van der Waals surface area contributed by atoms with E-state index in [4.69, 9.17) is 33.5 Å². The summed E-state index contributed by atoms with van der Waals surface area (Å²) in [6.07, 6.45) is 0.905. The molecule has 3 amide bonds. The second-order valence-electron chi connectivity index (χ2n) is 16.4. The summed E-state index contributed by atoms with van der Waals surface area (Å²) in [6, 6.07) is 15.4. The van der Waals surface area contributed by atoms with E-state index in [1.165, 1.54) is 17.9 Å². The number of aliphatic carboxylic acids is 1. The van der Waals surface area contributed by atoms with Crippen LogP contribution in [-0.4, -0.2) is 75.5 Å². The second kappa shape index (κ2) is 14.0. The van der Waals surface area contributed by atoms with Crippen molar-refractivity contribution in [2.45, 2.75) is 64.0 Å². The number of carbonyl (C=O) groups is 4. The van der Waals surface area contributed by atoms with E-state index < -0.39 is 42.6 Å². The third kappa shape index (κ3) is 6.12. The molecule has 0 radical (unpaired) electrons. The molecule has 5 aliphatic rings. The van der Waals surface area contributed by atoms with Gasteiger partial charge in [-0.05, 0) is 60.1 Å². The number of phosphoric acid groups is 1. The third-order valence-corrected chi connectivity index (χ3v) is 13.7. The topological polar surface area (TPSA) is 191 Å². The van der Waals surface area contributed by atoms with Gasteiger partial charge in [-0.15, -0.1) is 23.2 Å². The molecular weight excluding hydrogens is 794 g/mol. The maximum Gasteiger partial charge on any atom is 0.524 e. The molecule has 4 atom stereocenters. The van der Waals surface area contributed by atoms with Crippen molar-refractivity contribution in [2.75, 3.05) is 39.5 Å². The van der Waals surface area contributed by atoms with E-state index in [0.29, 0.717) is 52.5 Å². The number of alkyl halides is 2. The minimum Gasteiger partial charge on any atom is -0.480 e. The number of nitrogens with two attached hydrogens (primary N) is 1. The number of amides is 3. The standard InChI is InChI=1S/C41H43Cl2N4O9P/c1-21(2)35(44)36(48)47(22(3)37(49)50)29-12-30-33(27-10-6-4-8-25(27)29)23(14-42)16-45(30)38(51)40-18-41(19-40,20-40)39(52)46-17-24(15-43)34-28-11-7-5-9-26(28)32(13-31(34)46)56-57(53,54)55/h4-13,21-24,35H,14-20,44H2,1-3H3,(H,49,50)(H2,53,54,55)/t22-,23+,24+,35-,40?,41?/m0/s1. The fraction of sp³-hybridized carbons (Fsp3) is 0.415. The van der Waals surface area contributed by atoms with Crippen molar-refractivity contribution in [2.24, 2.45) is 22.5 Å². The zero-order valence-electron chi connectivity index (χ0n) is 31.5. The van der Waals surface area contributed by atoms with E-state index in [2.05, 4.69) is 0 Å². The van der Waals surface area contributed by atoms with Crippen molar-refractivity contribution >= 4 is 93.3 Å². The molecule has 4 aromatic carbocycles. The molecule has 0 saturated heterocycles. The third-order valence-electron chi connectivity index (χ3n) is 12.5. The predicted molar refractivity (Wildman–Crippen MR) is 218 cm³/mol. The van der Waals surface area contributed by atoms with E-state index >= 15 is 0 Å². The van der Waals surface area contributed by atoms with Gasteiger partial charge in [-0.25, -0.2) is 9.36 Å². The zero-order chi connectivity index (χ0) is 40.9. The van der Waals surface area contributed by atoms with Crippen LogP contribution in [0.25, 0.3) is 21.5 Å². The summed E-state index contributed by atoms with van der Waals surface area (Å²) in [5.74, 6) is -2.52. The number of carbonyl (C=O) groups excluding carboxylic acids is 3. The van der Waals surface area contributed by atoms with Gasteiger partial charge in [0.2, 0.25) is 17.7 Å². The molecule has 4 aromatic rings. The van der Waals surface area contributed by atoms with E-state index in [1.807, 2.05) is 30.3 Å². The largest absolute Gasteiger partial charge is 0.524 e. The van der Waals surface area contributed by atoms with E-state index in [-0.39, 0.29) is 60.2 Å². The average Bonchev–Trinajstić information content (AvgIpc) is 3.71. The van der Waals surface area contributed by atoms with Crippen molar-refractivity contribution in [1.29, 1.82) is 0 Å². The summed E-state index contributed by atoms with van der Waals surface area (Å²) < 4.78 is 17.1. The van der Waals surface area contributed by atoms with Crippen LogP contribution in [0.5, 0.6) is 5.75 Å². The smallest absolute Gasteiger partial charge is 0.480 e. The van der Waals surface area contributed by atoms with Gasteiger partial charge in [-0.1, -0.05) is 62.4 Å². The summed E-state index contributed by atoms with van der Waals surface area (Å²) >= 11 is 13.0. The lowest BCUT2D eigenvalue weighted by atomic mass is 9.34. The van der Waals surface area contributed by atoms with E-state index in [0.717, 1.165) is 16.5 Å². The van der Waals surface area contributed by atoms with Gasteiger partial charge in [0.1, 0.15) is 11.8 Å². The SMILES string of the molecule is CC(C)[C@H](N)C(=O)N(c1cc2c(c3ccccc13)[C@H](CCl)CN2C(=O)C12CC(C(=O)N3C[C@@H](CCl)c4c3cc(OP(=O)(O)O)c3ccccc43)(C1)C2)[C@@H](C)C(=O)O. The van der Waals surface area contributed by atoms with Crippen LogP contribution >= 0.6 is 31.0 Å². The number of hydrogen-bond donors (Lipinski definition) is 4. The van der Waals surface area contributed by atoms with Crippen LogP contribution in [0.2, 0.25) is 0 Å². The van der Waals surface area contributed by atoms with E-state index in [1.54, 1.807) is 47.9 Å². The number of fused-ring (bicyclic) bond motifs is 6. The lowest BCUT2D eigenvalue weighted by molar-refractivity contribution is -0.205. The van der Waals surface area contributed by atoms with Gasteiger partial charge in [0.25, 0.3) is 0 Å². The number of phosphoric ester groups is 1. The van der Waals surface area contributed by atoms with Gasteiger partial charge in [-0.3, -0.25) is 29.1 Å². The first-order chi connectivity index (χ1) is 27.0. The Morgan fingerprint density at radius 3 is 1.74 bits per heavy atom. The van der Waals surface area contributed by atoms with Gasteiger partial charge in [0.05, 0.1) is 28.2 Å². The molecule has 0 spiro atoms. The Labute approximate surface area is 338 Å². The molecule has 9 rings (SSSR count). The Bertz CT molecular complexity index is 2420. The minimum absolute atomic E-state index is 0.0485. The number of halogens is 2. The molecule has 3 saturated carbocycles. The zero-order valence-corrected chi connectivity index (χ0v) is 33.9. The first-order valence-corrected chi connectivity index (χ1v) is 21.5. The molecule has 13 nitrogen and oxygen atoms in total. The van der Waals surface area contributed by atoms with Crippen molar-refractivity contribution in [3.05, 3.63) is 71.8 Å². The molecule has 2 heterocycles. The van der Waals surface area contributed by atoms with Crippen LogP contribution in [0.1, 0.15) is 63.0 Å². The first kappa shape index (κ1) is 39.6. The summed E-state index contributed by atoms with van der Waals surface area (Å²) in [5.41, 5.74) is 7.67. The molecule has 57 heavy (non-hydrogen) atoms. The highest BCUT2D eigenvalue weighted by atomic mass is 35.5. The Kier molecular flexibility index (Phi) is 9.70. The molecule has 0 aromatic heterocycles. The monoisotopic (exact) mass is 836 g/mol. The van der Waals surface area contributed by atoms with Crippen molar-refractivity contribution in [1.82, 2.24) is 0 Å². The van der Waals surface area contributed by atoms with Gasteiger partial charge >= 0.3 is 13.8 Å². The Balaban J connectivity index is 1.13. The van der Waals surface area contributed by atoms with Crippen molar-refractivity contribution in [3.63, 3.8) is 0 Å². The molecule has 5 N–H and O–H groups in total. The highest BCUT2D eigenvalue weighted by Gasteiger charge is 2.76. The number of anilines is 3. The Morgan fingerprint density at radius 2 is 1.28 bits per heavy atom. The fourth-order valence-electron chi connectivity index (χ4n) is 9.77. The van der Waals surface area contributed by atoms with Crippen LogP contribution < -0.4 is 25.0 Å². The van der Waals surface area contributed by atoms with Crippen LogP contribution in [0.4, 0.5) is 17.1 Å². The molecular formula is C41H43Cl2N4O9P. The molecule has 2 aliphatic heterocycles. The lowest BCUT2D eigenvalue weighted by Crippen LogP contribution is -2.73. The normalized spacial score (nSPS) is 24.4. The van der Waals surface area contributed by atoms with Crippen LogP contribution in [0, 0.1) is 16.7 Å². The van der Waals surface area contributed by atoms with Gasteiger partial charge in [0, 0.05) is 59.2 Å². The molecule has 300 valence electrons. The molecule has 3 fully saturated rings. The lowest BCUT2D eigenvalue weighted by Gasteiger charge is -2.69. The highest BCUT2D eigenvalue weighted by Crippen LogP contribution is 2.75. The average molecular weight is 838 g/mol. The summed E-state index contributed by atoms with van der Waals surface area (Å²) in [4.78, 5) is 79.6. The van der Waals surface area contributed by atoms with Crippen LogP contribution in [-0.2, 0) is 23.7 Å². The molecule has 2 bridgehead atoms. The number of carboxylic acids is 1. The van der Waals surface area contributed by atoms with Crippen LogP contribution in [0.15, 0.2) is 60.7 Å². The quantitative estimate of drug-likeness (QED) is 0.0963. The van der Waals surface area contributed by atoms with Crippen molar-refractivity contribution < 1.29 is 43.2 Å². The fourth-order valence-corrected chi connectivity index (χ4v) is 10.7. The maximum atomic E-state index is 14.8. The van der Waals surface area contributed by atoms with Gasteiger partial charge < -0.3 is 25.2 Å². The Morgan fingerprint density at radius 1 is 0.825 bits per heavy atom. The summed E-state index contributed by atoms with van der Waals surface area (Å²) in [6.45, 7) is 5.55. The molecule has 16 heteroatoms. The number of benzene rings is 4. The predicted octanol–water partition coefficient (Wildman–Crippen LogP) is 6.46. The summed E-state index contributed by atoms with van der Waals surface area (Å²) in [7, 11) is -4.94. The van der Waals surface area contributed by atoms with E-state index in [9.17, 15) is 38.6 Å². The van der Waals surface area contributed by atoms with Crippen LogP contribution in [0.3, 0.4) is 0 Å². The second-order valence-corrected chi connectivity index (χ2v) is 18.2.